The molecule has 106 valence electrons. The van der Waals surface area contributed by atoms with Crippen molar-refractivity contribution in [2.45, 2.75) is 18.2 Å². The summed E-state index contributed by atoms with van der Waals surface area (Å²) in [4.78, 5) is 3.92. The second kappa shape index (κ2) is 5.85. The number of nitrogen functional groups attached to an aromatic ring is 1. The third-order valence-electron chi connectivity index (χ3n) is 3.26. The second-order valence-electron chi connectivity index (χ2n) is 4.57. The quantitative estimate of drug-likeness (QED) is 0.861. The van der Waals surface area contributed by atoms with Crippen LogP contribution < -0.4 is 5.73 Å². The van der Waals surface area contributed by atoms with Crippen LogP contribution in [0.5, 0.6) is 0 Å². The molecule has 0 amide bonds. The molecule has 1 unspecified atom stereocenters. The summed E-state index contributed by atoms with van der Waals surface area (Å²) in [5.41, 5.74) is 5.67. The molecule has 2 N–H and O–H groups in total. The Labute approximate surface area is 113 Å². The third-order valence-corrected chi connectivity index (χ3v) is 5.24. The second-order valence-corrected chi connectivity index (χ2v) is 6.48. The molecule has 19 heavy (non-hydrogen) atoms. The molecule has 0 spiro atoms. The average molecular weight is 285 g/mol. The van der Waals surface area contributed by atoms with Crippen molar-refractivity contribution in [3.63, 3.8) is 0 Å². The predicted molar refractivity (Wildman–Crippen MR) is 72.0 cm³/mol. The van der Waals surface area contributed by atoms with Crippen molar-refractivity contribution < 1.29 is 13.2 Å². The standard InChI is InChI=1S/C12H19N3O3S/c1-2-15(8-10-5-7-18-9-10)19(16,17)11-4-3-6-14-12(11)13/h3-4,6,10H,2,5,7-9H2,1H3,(H2,13,14). The van der Waals surface area contributed by atoms with Crippen LogP contribution in [0.15, 0.2) is 23.2 Å². The number of hydrogen-bond donors (Lipinski definition) is 1. The lowest BCUT2D eigenvalue weighted by Crippen LogP contribution is -2.36. The van der Waals surface area contributed by atoms with Gasteiger partial charge in [-0.05, 0) is 24.5 Å². The van der Waals surface area contributed by atoms with Gasteiger partial charge in [0.2, 0.25) is 10.0 Å². The molecule has 1 aliphatic rings. The Balaban J connectivity index is 2.23. The first kappa shape index (κ1) is 14.2. The minimum Gasteiger partial charge on any atom is -0.383 e. The lowest BCUT2D eigenvalue weighted by molar-refractivity contribution is 0.181. The van der Waals surface area contributed by atoms with E-state index in [0.29, 0.717) is 26.3 Å². The zero-order valence-corrected chi connectivity index (χ0v) is 11.8. The Morgan fingerprint density at radius 1 is 1.58 bits per heavy atom. The molecule has 0 aromatic carbocycles. The van der Waals surface area contributed by atoms with E-state index in [1.54, 1.807) is 6.07 Å². The highest BCUT2D eigenvalue weighted by atomic mass is 32.2. The molecule has 1 aliphatic heterocycles. The zero-order chi connectivity index (χ0) is 13.9. The smallest absolute Gasteiger partial charge is 0.246 e. The van der Waals surface area contributed by atoms with Crippen molar-refractivity contribution in [2.24, 2.45) is 5.92 Å². The minimum absolute atomic E-state index is 0.0450. The Bertz CT molecular complexity index is 527. The van der Waals surface area contributed by atoms with Crippen molar-refractivity contribution in [3.8, 4) is 0 Å². The van der Waals surface area contributed by atoms with E-state index in [0.717, 1.165) is 6.42 Å². The van der Waals surface area contributed by atoms with Crippen LogP contribution in [0, 0.1) is 5.92 Å². The van der Waals surface area contributed by atoms with Gasteiger partial charge >= 0.3 is 0 Å². The van der Waals surface area contributed by atoms with Crippen molar-refractivity contribution >= 4 is 15.8 Å². The maximum atomic E-state index is 12.5. The van der Waals surface area contributed by atoms with Crippen molar-refractivity contribution in [2.75, 3.05) is 32.0 Å². The Kier molecular flexibility index (Phi) is 4.38. The largest absolute Gasteiger partial charge is 0.383 e. The fourth-order valence-corrected chi connectivity index (χ4v) is 3.77. The van der Waals surface area contributed by atoms with E-state index in [1.165, 1.54) is 16.6 Å². The number of nitrogens with zero attached hydrogens (tertiary/aromatic N) is 2. The first-order chi connectivity index (χ1) is 9.05. The summed E-state index contributed by atoms with van der Waals surface area (Å²) < 4.78 is 31.8. The fourth-order valence-electron chi connectivity index (χ4n) is 2.17. The molecule has 1 atom stereocenters. The van der Waals surface area contributed by atoms with Gasteiger partial charge in [0.1, 0.15) is 10.7 Å². The zero-order valence-electron chi connectivity index (χ0n) is 10.9. The molecule has 0 radical (unpaired) electrons. The van der Waals surface area contributed by atoms with Gasteiger partial charge < -0.3 is 10.5 Å². The van der Waals surface area contributed by atoms with Gasteiger partial charge in [-0.25, -0.2) is 13.4 Å². The van der Waals surface area contributed by atoms with Gasteiger partial charge in [0.15, 0.2) is 0 Å². The van der Waals surface area contributed by atoms with Gasteiger partial charge in [0.05, 0.1) is 6.61 Å². The molecular weight excluding hydrogens is 266 g/mol. The topological polar surface area (TPSA) is 85.5 Å². The van der Waals surface area contributed by atoms with Gasteiger partial charge in [-0.15, -0.1) is 0 Å². The van der Waals surface area contributed by atoms with Crippen LogP contribution in [0.4, 0.5) is 5.82 Å². The van der Waals surface area contributed by atoms with E-state index in [4.69, 9.17) is 10.5 Å². The SMILES string of the molecule is CCN(CC1CCOC1)S(=O)(=O)c1cccnc1N. The first-order valence-corrected chi connectivity index (χ1v) is 7.78. The predicted octanol–water partition coefficient (Wildman–Crippen LogP) is 0.711. The minimum atomic E-state index is -3.58. The summed E-state index contributed by atoms with van der Waals surface area (Å²) in [7, 11) is -3.58. The highest BCUT2D eigenvalue weighted by Crippen LogP contribution is 2.23. The molecule has 1 saturated heterocycles. The number of aromatic nitrogens is 1. The van der Waals surface area contributed by atoms with Crippen LogP contribution in [0.3, 0.4) is 0 Å². The van der Waals surface area contributed by atoms with Crippen LogP contribution in [-0.4, -0.2) is 44.0 Å². The van der Waals surface area contributed by atoms with E-state index >= 15 is 0 Å². The van der Waals surface area contributed by atoms with Gasteiger partial charge in [0.25, 0.3) is 0 Å². The van der Waals surface area contributed by atoms with Crippen molar-refractivity contribution in [1.29, 1.82) is 0 Å². The van der Waals surface area contributed by atoms with E-state index in [9.17, 15) is 8.42 Å². The Morgan fingerprint density at radius 2 is 2.37 bits per heavy atom. The molecule has 1 aromatic rings. The summed E-state index contributed by atoms with van der Waals surface area (Å²) in [6.07, 6.45) is 2.38. The summed E-state index contributed by atoms with van der Waals surface area (Å²) in [6.45, 7) is 4.02. The number of sulfonamides is 1. The molecule has 6 nitrogen and oxygen atoms in total. The van der Waals surface area contributed by atoms with Gasteiger partial charge in [-0.1, -0.05) is 6.92 Å². The lowest BCUT2D eigenvalue weighted by Gasteiger charge is -2.23. The number of nitrogens with two attached hydrogens (primary N) is 1. The molecule has 0 aliphatic carbocycles. The van der Waals surface area contributed by atoms with Crippen molar-refractivity contribution in [3.05, 3.63) is 18.3 Å². The average Bonchev–Trinajstić information content (AvgIpc) is 2.89. The van der Waals surface area contributed by atoms with Crippen LogP contribution in [0.2, 0.25) is 0 Å². The molecule has 0 bridgehead atoms. The molecule has 1 aromatic heterocycles. The number of rotatable bonds is 5. The molecule has 0 saturated carbocycles. The summed E-state index contributed by atoms with van der Waals surface area (Å²) in [5.74, 6) is 0.302. The van der Waals surface area contributed by atoms with E-state index in [1.807, 2.05) is 6.92 Å². The molecular formula is C12H19N3O3S. The van der Waals surface area contributed by atoms with E-state index < -0.39 is 10.0 Å². The number of hydrogen-bond acceptors (Lipinski definition) is 5. The van der Waals surface area contributed by atoms with Crippen LogP contribution in [0.25, 0.3) is 0 Å². The maximum absolute atomic E-state index is 12.5. The van der Waals surface area contributed by atoms with Crippen LogP contribution in [-0.2, 0) is 14.8 Å². The molecule has 2 rings (SSSR count). The third kappa shape index (κ3) is 3.05. The lowest BCUT2D eigenvalue weighted by atomic mass is 10.1. The normalized spacial score (nSPS) is 20.0. The molecule has 2 heterocycles. The number of pyridine rings is 1. The van der Waals surface area contributed by atoms with Gasteiger partial charge in [0, 0.05) is 25.9 Å². The Morgan fingerprint density at radius 3 is 2.95 bits per heavy atom. The van der Waals surface area contributed by atoms with E-state index in [2.05, 4.69) is 4.98 Å². The first-order valence-electron chi connectivity index (χ1n) is 6.34. The maximum Gasteiger partial charge on any atom is 0.246 e. The highest BCUT2D eigenvalue weighted by molar-refractivity contribution is 7.89. The molecule has 7 heteroatoms. The summed E-state index contributed by atoms with van der Waals surface area (Å²) >= 11 is 0. The summed E-state index contributed by atoms with van der Waals surface area (Å²) in [5, 5.41) is 0. The highest BCUT2D eigenvalue weighted by Gasteiger charge is 2.29. The van der Waals surface area contributed by atoms with E-state index in [-0.39, 0.29) is 16.6 Å². The van der Waals surface area contributed by atoms with Gasteiger partial charge in [-0.3, -0.25) is 0 Å². The van der Waals surface area contributed by atoms with Crippen molar-refractivity contribution in [1.82, 2.24) is 9.29 Å². The van der Waals surface area contributed by atoms with Crippen LogP contribution >= 0.6 is 0 Å². The molecule has 1 fully saturated rings. The monoisotopic (exact) mass is 285 g/mol. The number of ether oxygens (including phenoxy) is 1. The number of anilines is 1. The van der Waals surface area contributed by atoms with Gasteiger partial charge in [-0.2, -0.15) is 4.31 Å². The van der Waals surface area contributed by atoms with Crippen LogP contribution in [0.1, 0.15) is 13.3 Å². The summed E-state index contributed by atoms with van der Waals surface area (Å²) in [6, 6.07) is 3.07. The fraction of sp³-hybridized carbons (Fsp3) is 0.583. The Hall–Kier alpha value is -1.18.